The van der Waals surface area contributed by atoms with Gasteiger partial charge in [0.2, 0.25) is 0 Å². The summed E-state index contributed by atoms with van der Waals surface area (Å²) >= 11 is 3.25. The summed E-state index contributed by atoms with van der Waals surface area (Å²) in [7, 11) is 0. The average molecular weight is 455 g/mol. The molecule has 1 unspecified atom stereocenters. The first-order valence-corrected chi connectivity index (χ1v) is 10.1. The molecule has 3 aromatic rings. The van der Waals surface area contributed by atoms with Crippen molar-refractivity contribution in [2.24, 2.45) is 4.99 Å². The second-order valence-corrected chi connectivity index (χ2v) is 8.30. The zero-order valence-corrected chi connectivity index (χ0v) is 18.2. The Labute approximate surface area is 179 Å². The summed E-state index contributed by atoms with van der Waals surface area (Å²) in [5.41, 5.74) is 1.93. The van der Waals surface area contributed by atoms with Gasteiger partial charge in [-0.05, 0) is 36.7 Å². The van der Waals surface area contributed by atoms with Crippen LogP contribution in [0.1, 0.15) is 37.8 Å². The fourth-order valence-electron chi connectivity index (χ4n) is 2.76. The molecule has 0 aliphatic carbocycles. The van der Waals surface area contributed by atoms with E-state index in [1.165, 1.54) is 0 Å². The number of nitrogens with zero attached hydrogens (tertiary/aromatic N) is 2. The Morgan fingerprint density at radius 1 is 1.07 bits per heavy atom. The Bertz CT molecular complexity index is 935. The molecule has 1 atom stereocenters. The predicted octanol–water partition coefficient (Wildman–Crippen LogP) is 5.23. The van der Waals surface area contributed by atoms with Crippen LogP contribution in [0.4, 0.5) is 0 Å². The van der Waals surface area contributed by atoms with Crippen molar-refractivity contribution < 1.29 is 13.9 Å². The van der Waals surface area contributed by atoms with Gasteiger partial charge in [-0.2, -0.15) is 0 Å². The van der Waals surface area contributed by atoms with Gasteiger partial charge < -0.3 is 9.15 Å². The molecule has 1 heterocycles. The minimum atomic E-state index is -0.796. The van der Waals surface area contributed by atoms with Gasteiger partial charge >= 0.3 is 5.97 Å². The highest BCUT2D eigenvalue weighted by Gasteiger charge is 2.27. The first-order chi connectivity index (χ1) is 13.8. The fraction of sp³-hybridized carbons (Fsp3) is 0.261. The lowest BCUT2D eigenvalue weighted by Crippen LogP contribution is -2.33. The van der Waals surface area contributed by atoms with Crippen molar-refractivity contribution >= 4 is 27.6 Å². The lowest BCUT2D eigenvalue weighted by molar-refractivity contribution is -0.156. The van der Waals surface area contributed by atoms with Gasteiger partial charge in [0.05, 0.1) is 18.3 Å². The van der Waals surface area contributed by atoms with Crippen LogP contribution in [0, 0.1) is 0 Å². The number of hydrogen-bond acceptors (Lipinski definition) is 5. The Morgan fingerprint density at radius 2 is 1.62 bits per heavy atom. The summed E-state index contributed by atoms with van der Waals surface area (Å²) < 4.78 is 11.6. The van der Waals surface area contributed by atoms with Crippen molar-refractivity contribution in [2.75, 3.05) is 0 Å². The number of aliphatic imine (C=N–C) groups is 1. The number of rotatable bonds is 6. The van der Waals surface area contributed by atoms with Gasteiger partial charge in [0.1, 0.15) is 5.60 Å². The van der Waals surface area contributed by atoms with Crippen LogP contribution in [0.25, 0.3) is 0 Å². The van der Waals surface area contributed by atoms with Crippen molar-refractivity contribution in [1.82, 2.24) is 4.98 Å². The molecule has 0 N–H and O–H groups in total. The molecule has 0 fully saturated rings. The van der Waals surface area contributed by atoms with E-state index in [9.17, 15) is 4.79 Å². The Kier molecular flexibility index (Phi) is 6.64. The number of halogens is 1. The van der Waals surface area contributed by atoms with E-state index in [-0.39, 0.29) is 6.42 Å². The topological polar surface area (TPSA) is 64.7 Å². The van der Waals surface area contributed by atoms with Gasteiger partial charge in [-0.3, -0.25) is 4.99 Å². The number of oxazole rings is 1. The van der Waals surface area contributed by atoms with E-state index < -0.39 is 17.6 Å². The smallest absolute Gasteiger partial charge is 0.331 e. The number of aromatic nitrogens is 1. The van der Waals surface area contributed by atoms with Crippen LogP contribution in [-0.2, 0) is 16.0 Å². The Balaban J connectivity index is 2.04. The molecule has 3 rings (SSSR count). The first-order valence-electron chi connectivity index (χ1n) is 9.33. The maximum Gasteiger partial charge on any atom is 0.331 e. The molecular formula is C23H23BrN2O3. The molecule has 0 amide bonds. The molecule has 6 heteroatoms. The van der Waals surface area contributed by atoms with Crippen molar-refractivity contribution in [3.63, 3.8) is 0 Å². The first kappa shape index (κ1) is 21.0. The average Bonchev–Trinajstić information content (AvgIpc) is 3.10. The number of carbonyl (C=O) groups excluding carboxylic acids is 1. The number of esters is 1. The van der Waals surface area contributed by atoms with E-state index >= 15 is 0 Å². The number of ether oxygens (including phenoxy) is 1. The standard InChI is InChI=1S/C23H23BrN2O3/c1-23(2,3)29-22(27)18(14-20-25-15-19(24)28-20)26-21(16-10-6-4-7-11-16)17-12-8-5-9-13-17/h4-13,15,18H,14H2,1-3H3. The molecule has 5 nitrogen and oxygen atoms in total. The summed E-state index contributed by atoms with van der Waals surface area (Å²) in [4.78, 5) is 22.0. The third-order valence-electron chi connectivity index (χ3n) is 3.95. The largest absolute Gasteiger partial charge is 0.458 e. The predicted molar refractivity (Wildman–Crippen MR) is 116 cm³/mol. The number of hydrogen-bond donors (Lipinski definition) is 0. The van der Waals surface area contributed by atoms with Crippen LogP contribution in [0.5, 0.6) is 0 Å². The molecular weight excluding hydrogens is 432 g/mol. The van der Waals surface area contributed by atoms with Crippen LogP contribution < -0.4 is 0 Å². The molecule has 0 spiro atoms. The molecule has 0 saturated heterocycles. The highest BCUT2D eigenvalue weighted by molar-refractivity contribution is 9.10. The van der Waals surface area contributed by atoms with E-state index in [4.69, 9.17) is 14.1 Å². The Hall–Kier alpha value is -2.73. The molecule has 1 aromatic heterocycles. The van der Waals surface area contributed by atoms with E-state index in [0.717, 1.165) is 11.1 Å². The van der Waals surface area contributed by atoms with Crippen molar-refractivity contribution in [3.8, 4) is 0 Å². The van der Waals surface area contributed by atoms with Gasteiger partial charge in [0.15, 0.2) is 16.6 Å². The quantitative estimate of drug-likeness (QED) is 0.377. The lowest BCUT2D eigenvalue weighted by atomic mass is 10.0. The minimum absolute atomic E-state index is 0.198. The molecule has 0 saturated carbocycles. The highest BCUT2D eigenvalue weighted by atomic mass is 79.9. The fourth-order valence-corrected chi connectivity index (χ4v) is 3.05. The molecule has 0 bridgehead atoms. The molecule has 0 aliphatic rings. The Morgan fingerprint density at radius 3 is 2.07 bits per heavy atom. The third-order valence-corrected chi connectivity index (χ3v) is 4.32. The van der Waals surface area contributed by atoms with Gasteiger partial charge in [-0.25, -0.2) is 9.78 Å². The zero-order valence-electron chi connectivity index (χ0n) is 16.6. The van der Waals surface area contributed by atoms with E-state index in [1.54, 1.807) is 6.20 Å². The SMILES string of the molecule is CC(C)(C)OC(=O)C(Cc1ncc(Br)o1)N=C(c1ccccc1)c1ccccc1. The molecule has 150 valence electrons. The third kappa shape index (κ3) is 6.12. The molecule has 2 aromatic carbocycles. The van der Waals surface area contributed by atoms with E-state index in [0.29, 0.717) is 16.3 Å². The van der Waals surface area contributed by atoms with Gasteiger partial charge in [0, 0.05) is 11.1 Å². The van der Waals surface area contributed by atoms with Gasteiger partial charge in [-0.15, -0.1) is 0 Å². The normalized spacial score (nSPS) is 12.3. The van der Waals surface area contributed by atoms with Crippen molar-refractivity contribution in [3.05, 3.63) is 88.5 Å². The second kappa shape index (κ2) is 9.18. The molecule has 0 radical (unpaired) electrons. The van der Waals surface area contributed by atoms with Crippen LogP contribution in [0.3, 0.4) is 0 Å². The van der Waals surface area contributed by atoms with Crippen molar-refractivity contribution in [2.45, 2.75) is 38.8 Å². The van der Waals surface area contributed by atoms with Gasteiger partial charge in [0.25, 0.3) is 0 Å². The summed E-state index contributed by atoms with van der Waals surface area (Å²) in [5.74, 6) is -0.00635. The zero-order chi connectivity index (χ0) is 20.9. The lowest BCUT2D eigenvalue weighted by Gasteiger charge is -2.22. The van der Waals surface area contributed by atoms with Crippen LogP contribution >= 0.6 is 15.9 Å². The molecule has 29 heavy (non-hydrogen) atoms. The highest BCUT2D eigenvalue weighted by Crippen LogP contribution is 2.19. The van der Waals surface area contributed by atoms with E-state index in [1.807, 2.05) is 81.4 Å². The van der Waals surface area contributed by atoms with Crippen LogP contribution in [0.2, 0.25) is 0 Å². The summed E-state index contributed by atoms with van der Waals surface area (Å²) in [6.07, 6.45) is 1.75. The van der Waals surface area contributed by atoms with Gasteiger partial charge in [-0.1, -0.05) is 60.7 Å². The number of carbonyl (C=O) groups is 1. The van der Waals surface area contributed by atoms with Crippen molar-refractivity contribution in [1.29, 1.82) is 0 Å². The minimum Gasteiger partial charge on any atom is -0.458 e. The monoisotopic (exact) mass is 454 g/mol. The van der Waals surface area contributed by atoms with E-state index in [2.05, 4.69) is 20.9 Å². The maximum atomic E-state index is 13.0. The summed E-state index contributed by atoms with van der Waals surface area (Å²) in [6, 6.07) is 18.8. The second-order valence-electron chi connectivity index (χ2n) is 7.52. The van der Waals surface area contributed by atoms with Crippen LogP contribution in [0.15, 0.2) is 80.9 Å². The maximum absolute atomic E-state index is 13.0. The summed E-state index contributed by atoms with van der Waals surface area (Å²) in [5, 5.41) is 0. The molecule has 0 aliphatic heterocycles. The summed E-state index contributed by atoms with van der Waals surface area (Å²) in [6.45, 7) is 5.51. The van der Waals surface area contributed by atoms with Crippen LogP contribution in [-0.4, -0.2) is 28.3 Å². The number of benzene rings is 2.